The van der Waals surface area contributed by atoms with Crippen molar-refractivity contribution in [1.29, 1.82) is 0 Å². The number of ether oxygens (including phenoxy) is 1. The van der Waals surface area contributed by atoms with E-state index in [2.05, 4.69) is 22.9 Å². The molecule has 0 unspecified atom stereocenters. The summed E-state index contributed by atoms with van der Waals surface area (Å²) in [5.74, 6) is 0.305. The van der Waals surface area contributed by atoms with Gasteiger partial charge in [-0.25, -0.2) is 9.97 Å². The normalized spacial score (nSPS) is 15.3. The monoisotopic (exact) mass is 385 g/mol. The predicted octanol–water partition coefficient (Wildman–Crippen LogP) is 2.32. The number of nitrogens with zero attached hydrogens (tertiary/aromatic N) is 5. The number of benzene rings is 1. The van der Waals surface area contributed by atoms with Crippen molar-refractivity contribution in [2.75, 3.05) is 44.3 Å². The lowest BCUT2D eigenvalue weighted by atomic mass is 10.2. The molecule has 7 nitrogen and oxygen atoms in total. The van der Waals surface area contributed by atoms with E-state index in [1.54, 1.807) is 33.2 Å². The molecule has 3 aromatic rings. The second kappa shape index (κ2) is 7.75. The zero-order valence-corrected chi connectivity index (χ0v) is 16.4. The first-order chi connectivity index (χ1) is 13.1. The third kappa shape index (κ3) is 3.87. The number of carbonyl (C=O) groups excluding carboxylic acids is 1. The van der Waals surface area contributed by atoms with Crippen molar-refractivity contribution in [3.05, 3.63) is 42.0 Å². The van der Waals surface area contributed by atoms with Gasteiger partial charge in [0.05, 0.1) is 23.4 Å². The Bertz CT molecular complexity index is 945. The van der Waals surface area contributed by atoms with Gasteiger partial charge in [-0.2, -0.15) is 0 Å². The molecular weight excluding hydrogens is 362 g/mol. The minimum absolute atomic E-state index is 0.119. The molecule has 8 heteroatoms. The van der Waals surface area contributed by atoms with Gasteiger partial charge in [-0.1, -0.05) is 17.4 Å². The Balaban J connectivity index is 1.63. The van der Waals surface area contributed by atoms with Crippen LogP contribution in [0.5, 0.6) is 0 Å². The number of amides is 1. The fourth-order valence-electron chi connectivity index (χ4n) is 3.18. The molecule has 1 aliphatic heterocycles. The number of fused-ring (bicyclic) bond motifs is 1. The highest BCUT2D eigenvalue weighted by atomic mass is 32.1. The van der Waals surface area contributed by atoms with E-state index in [0.717, 1.165) is 48.2 Å². The quantitative estimate of drug-likeness (QED) is 0.674. The highest BCUT2D eigenvalue weighted by Gasteiger charge is 2.25. The lowest BCUT2D eigenvalue weighted by Gasteiger charge is -2.29. The van der Waals surface area contributed by atoms with Gasteiger partial charge in [0.15, 0.2) is 11.0 Å². The van der Waals surface area contributed by atoms with Crippen molar-refractivity contribution < 1.29 is 9.53 Å². The van der Waals surface area contributed by atoms with Gasteiger partial charge in [0.1, 0.15) is 0 Å². The Morgan fingerprint density at radius 3 is 2.89 bits per heavy atom. The van der Waals surface area contributed by atoms with Gasteiger partial charge in [-0.3, -0.25) is 14.6 Å². The fraction of sp³-hybridized carbons (Fsp3) is 0.421. The number of anilines is 1. The molecule has 1 fully saturated rings. The topological polar surface area (TPSA) is 63.5 Å². The minimum atomic E-state index is -0.119. The Kier molecular flexibility index (Phi) is 5.20. The van der Waals surface area contributed by atoms with E-state index < -0.39 is 0 Å². The molecule has 1 amide bonds. The molecule has 1 aromatic carbocycles. The van der Waals surface area contributed by atoms with E-state index in [0.29, 0.717) is 12.4 Å². The van der Waals surface area contributed by atoms with Crippen molar-refractivity contribution in [3.8, 4) is 0 Å². The van der Waals surface area contributed by atoms with Gasteiger partial charge in [0.25, 0.3) is 5.91 Å². The van der Waals surface area contributed by atoms with Crippen LogP contribution in [-0.4, -0.2) is 64.7 Å². The SMILES string of the molecule is Cc1ccc2nc(N(CCN3CCOCC3)C(=O)c3nccn3C)sc2c1. The molecule has 4 rings (SSSR count). The molecule has 0 aliphatic carbocycles. The lowest BCUT2D eigenvalue weighted by molar-refractivity contribution is 0.0391. The lowest BCUT2D eigenvalue weighted by Crippen LogP contribution is -2.43. The first-order valence-corrected chi connectivity index (χ1v) is 9.90. The van der Waals surface area contributed by atoms with Crippen LogP contribution < -0.4 is 4.90 Å². The largest absolute Gasteiger partial charge is 0.379 e. The van der Waals surface area contributed by atoms with Crippen LogP contribution in [0, 0.1) is 6.92 Å². The third-order valence-electron chi connectivity index (χ3n) is 4.76. The fourth-order valence-corrected chi connectivity index (χ4v) is 4.27. The van der Waals surface area contributed by atoms with Gasteiger partial charge in [-0.05, 0) is 24.6 Å². The average Bonchev–Trinajstić information content (AvgIpc) is 3.28. The van der Waals surface area contributed by atoms with E-state index >= 15 is 0 Å². The van der Waals surface area contributed by atoms with Crippen LogP contribution >= 0.6 is 11.3 Å². The number of thiazole rings is 1. The van der Waals surface area contributed by atoms with Gasteiger partial charge in [0, 0.05) is 45.6 Å². The maximum atomic E-state index is 13.2. The Hall–Kier alpha value is -2.29. The number of hydrogen-bond donors (Lipinski definition) is 0. The first-order valence-electron chi connectivity index (χ1n) is 9.08. The van der Waals surface area contributed by atoms with Crippen molar-refractivity contribution in [1.82, 2.24) is 19.4 Å². The van der Waals surface area contributed by atoms with Gasteiger partial charge in [0.2, 0.25) is 0 Å². The van der Waals surface area contributed by atoms with E-state index in [4.69, 9.17) is 9.72 Å². The number of hydrogen-bond acceptors (Lipinski definition) is 6. The molecule has 0 N–H and O–H groups in total. The van der Waals surface area contributed by atoms with E-state index in [9.17, 15) is 4.79 Å². The molecule has 3 heterocycles. The molecule has 1 saturated heterocycles. The summed E-state index contributed by atoms with van der Waals surface area (Å²) in [5.41, 5.74) is 2.11. The maximum absolute atomic E-state index is 13.2. The number of aromatic nitrogens is 3. The summed E-state index contributed by atoms with van der Waals surface area (Å²) in [4.78, 5) is 26.3. The summed E-state index contributed by atoms with van der Waals surface area (Å²) < 4.78 is 8.26. The molecule has 142 valence electrons. The molecule has 0 spiro atoms. The van der Waals surface area contributed by atoms with Crippen LogP contribution in [0.1, 0.15) is 16.2 Å². The van der Waals surface area contributed by atoms with E-state index in [1.165, 1.54) is 5.56 Å². The number of carbonyl (C=O) groups is 1. The van der Waals surface area contributed by atoms with E-state index in [-0.39, 0.29) is 5.91 Å². The van der Waals surface area contributed by atoms with Crippen molar-refractivity contribution in [2.24, 2.45) is 7.05 Å². The van der Waals surface area contributed by atoms with Gasteiger partial charge in [-0.15, -0.1) is 0 Å². The van der Waals surface area contributed by atoms with Crippen LogP contribution in [-0.2, 0) is 11.8 Å². The number of imidazole rings is 1. The summed E-state index contributed by atoms with van der Waals surface area (Å²) in [6.07, 6.45) is 3.43. The van der Waals surface area contributed by atoms with Crippen molar-refractivity contribution in [3.63, 3.8) is 0 Å². The van der Waals surface area contributed by atoms with Gasteiger partial charge >= 0.3 is 0 Å². The highest BCUT2D eigenvalue weighted by Crippen LogP contribution is 2.30. The Labute approximate surface area is 162 Å². The number of rotatable bonds is 5. The smallest absolute Gasteiger partial charge is 0.296 e. The zero-order valence-electron chi connectivity index (χ0n) is 15.6. The number of aryl methyl sites for hydroxylation is 2. The summed E-state index contributed by atoms with van der Waals surface area (Å²) in [5, 5.41) is 0.719. The van der Waals surface area contributed by atoms with E-state index in [1.807, 2.05) is 19.2 Å². The molecule has 0 radical (unpaired) electrons. The van der Waals surface area contributed by atoms with Crippen LogP contribution in [0.4, 0.5) is 5.13 Å². The predicted molar refractivity (Wildman–Crippen MR) is 107 cm³/mol. The van der Waals surface area contributed by atoms with Crippen molar-refractivity contribution in [2.45, 2.75) is 6.92 Å². The van der Waals surface area contributed by atoms with Gasteiger partial charge < -0.3 is 9.30 Å². The Morgan fingerprint density at radius 1 is 1.33 bits per heavy atom. The summed E-state index contributed by atoms with van der Waals surface area (Å²) in [7, 11) is 1.84. The minimum Gasteiger partial charge on any atom is -0.379 e. The molecule has 1 aliphatic rings. The molecule has 0 bridgehead atoms. The summed E-state index contributed by atoms with van der Waals surface area (Å²) >= 11 is 1.55. The molecule has 0 atom stereocenters. The second-order valence-corrected chi connectivity index (χ2v) is 7.75. The first kappa shape index (κ1) is 18.1. The van der Waals surface area contributed by atoms with Crippen LogP contribution in [0.25, 0.3) is 10.2 Å². The molecule has 0 saturated carbocycles. The van der Waals surface area contributed by atoms with Crippen molar-refractivity contribution >= 4 is 32.6 Å². The molecule has 27 heavy (non-hydrogen) atoms. The zero-order chi connectivity index (χ0) is 18.8. The molecule has 2 aromatic heterocycles. The molecular formula is C19H23N5O2S. The third-order valence-corrected chi connectivity index (χ3v) is 5.81. The maximum Gasteiger partial charge on any atom is 0.296 e. The van der Waals surface area contributed by atoms with Crippen LogP contribution in [0.3, 0.4) is 0 Å². The standard InChI is InChI=1S/C19H23N5O2S/c1-14-3-4-15-16(13-14)27-19(21-15)24(8-7-23-9-11-26-12-10-23)18(25)17-20-5-6-22(17)2/h3-6,13H,7-12H2,1-2H3. The number of morpholine rings is 1. The van der Waals surface area contributed by atoms with Crippen LogP contribution in [0.15, 0.2) is 30.6 Å². The van der Waals surface area contributed by atoms with Crippen LogP contribution in [0.2, 0.25) is 0 Å². The second-order valence-electron chi connectivity index (χ2n) is 6.74. The Morgan fingerprint density at radius 2 is 2.15 bits per heavy atom. The average molecular weight is 385 g/mol. The summed E-state index contributed by atoms with van der Waals surface area (Å²) in [6.45, 7) is 6.70. The highest BCUT2D eigenvalue weighted by molar-refractivity contribution is 7.22. The summed E-state index contributed by atoms with van der Waals surface area (Å²) in [6, 6.07) is 6.17.